The van der Waals surface area contributed by atoms with Crippen LogP contribution >= 0.6 is 22.9 Å². The first-order valence-electron chi connectivity index (χ1n) is 2.94. The van der Waals surface area contributed by atoms with Crippen LogP contribution in [0.5, 0.6) is 0 Å². The lowest BCUT2D eigenvalue weighted by atomic mass is 10.2. The minimum absolute atomic E-state index is 0.104. The highest BCUT2D eigenvalue weighted by molar-refractivity contribution is 7.10. The Bertz CT molecular complexity index is 211. The van der Waals surface area contributed by atoms with Crippen LogP contribution in [0, 0.1) is 0 Å². The largest absolute Gasteiger partial charge is 0.329 e. The van der Waals surface area contributed by atoms with Crippen LogP contribution in [-0.2, 0) is 0 Å². The molecule has 4 N–H and O–H groups in total. The van der Waals surface area contributed by atoms with Gasteiger partial charge in [-0.15, -0.1) is 11.3 Å². The van der Waals surface area contributed by atoms with E-state index in [1.54, 1.807) is 11.3 Å². The Hall–Kier alpha value is -0.0900. The summed E-state index contributed by atoms with van der Waals surface area (Å²) >= 11 is 7.33. The molecule has 0 amide bonds. The third-order valence-corrected chi connectivity index (χ3v) is 2.73. The second-order valence-corrected chi connectivity index (χ2v) is 3.33. The molecule has 0 saturated heterocycles. The summed E-state index contributed by atoms with van der Waals surface area (Å²) in [7, 11) is 0. The third-order valence-electron chi connectivity index (χ3n) is 1.24. The SMILES string of the molecule is NC[C@H](N)c1sccc1Cl. The molecular formula is C6H9ClN2S. The van der Waals surface area contributed by atoms with Crippen molar-refractivity contribution < 1.29 is 0 Å². The first-order chi connectivity index (χ1) is 4.75. The van der Waals surface area contributed by atoms with E-state index < -0.39 is 0 Å². The average Bonchev–Trinajstić information content (AvgIpc) is 2.34. The Labute approximate surface area is 68.8 Å². The molecule has 1 aromatic rings. The summed E-state index contributed by atoms with van der Waals surface area (Å²) < 4.78 is 0. The first-order valence-corrected chi connectivity index (χ1v) is 4.20. The number of nitrogens with two attached hydrogens (primary N) is 2. The Morgan fingerprint density at radius 3 is 2.80 bits per heavy atom. The predicted octanol–water partition coefficient (Wildman–Crippen LogP) is 1.36. The summed E-state index contributed by atoms with van der Waals surface area (Å²) in [6.07, 6.45) is 0. The smallest absolute Gasteiger partial charge is 0.0561 e. The molecular weight excluding hydrogens is 168 g/mol. The van der Waals surface area contributed by atoms with Crippen molar-refractivity contribution in [2.75, 3.05) is 6.54 Å². The lowest BCUT2D eigenvalue weighted by Crippen LogP contribution is -2.19. The van der Waals surface area contributed by atoms with Gasteiger partial charge in [-0.25, -0.2) is 0 Å². The quantitative estimate of drug-likeness (QED) is 0.715. The van der Waals surface area contributed by atoms with Crippen molar-refractivity contribution in [2.24, 2.45) is 11.5 Å². The van der Waals surface area contributed by atoms with Crippen LogP contribution in [0.25, 0.3) is 0 Å². The maximum absolute atomic E-state index is 5.79. The molecule has 1 aromatic heterocycles. The van der Waals surface area contributed by atoms with Gasteiger partial charge in [-0.3, -0.25) is 0 Å². The molecule has 1 heterocycles. The highest BCUT2D eigenvalue weighted by Gasteiger charge is 2.08. The number of hydrogen-bond acceptors (Lipinski definition) is 3. The molecule has 2 nitrogen and oxygen atoms in total. The number of rotatable bonds is 2. The molecule has 0 spiro atoms. The van der Waals surface area contributed by atoms with Crippen LogP contribution in [0.15, 0.2) is 11.4 Å². The summed E-state index contributed by atoms with van der Waals surface area (Å²) in [5.41, 5.74) is 11.0. The van der Waals surface area contributed by atoms with Crippen molar-refractivity contribution in [3.63, 3.8) is 0 Å². The monoisotopic (exact) mass is 176 g/mol. The molecule has 1 atom stereocenters. The maximum atomic E-state index is 5.79. The highest BCUT2D eigenvalue weighted by atomic mass is 35.5. The predicted molar refractivity (Wildman–Crippen MR) is 45.3 cm³/mol. The van der Waals surface area contributed by atoms with Gasteiger partial charge in [0.1, 0.15) is 0 Å². The van der Waals surface area contributed by atoms with Gasteiger partial charge >= 0.3 is 0 Å². The molecule has 4 heteroatoms. The topological polar surface area (TPSA) is 52.0 Å². The van der Waals surface area contributed by atoms with Crippen LogP contribution in [0.2, 0.25) is 5.02 Å². The molecule has 0 radical (unpaired) electrons. The van der Waals surface area contributed by atoms with Crippen LogP contribution in [0.1, 0.15) is 10.9 Å². The van der Waals surface area contributed by atoms with E-state index in [9.17, 15) is 0 Å². The number of hydrogen-bond donors (Lipinski definition) is 2. The van der Waals surface area contributed by atoms with Crippen molar-refractivity contribution in [2.45, 2.75) is 6.04 Å². The van der Waals surface area contributed by atoms with Gasteiger partial charge in [0.15, 0.2) is 0 Å². The van der Waals surface area contributed by atoms with Crippen LogP contribution < -0.4 is 11.5 Å². The lowest BCUT2D eigenvalue weighted by Gasteiger charge is -2.04. The third kappa shape index (κ3) is 1.49. The number of halogens is 1. The molecule has 0 aliphatic carbocycles. The number of thiophene rings is 1. The molecule has 0 bridgehead atoms. The van der Waals surface area contributed by atoms with Crippen LogP contribution in [-0.4, -0.2) is 6.54 Å². The summed E-state index contributed by atoms with van der Waals surface area (Å²) in [5, 5.41) is 2.63. The maximum Gasteiger partial charge on any atom is 0.0561 e. The Balaban J connectivity index is 2.82. The fourth-order valence-corrected chi connectivity index (χ4v) is 1.89. The summed E-state index contributed by atoms with van der Waals surface area (Å²) in [4.78, 5) is 0.976. The fourth-order valence-electron chi connectivity index (χ4n) is 0.677. The lowest BCUT2D eigenvalue weighted by molar-refractivity contribution is 0.752. The van der Waals surface area contributed by atoms with Crippen LogP contribution in [0.4, 0.5) is 0 Å². The minimum atomic E-state index is -0.104. The van der Waals surface area contributed by atoms with Crippen LogP contribution in [0.3, 0.4) is 0 Å². The summed E-state index contributed by atoms with van der Waals surface area (Å²) in [6.45, 7) is 0.445. The van der Waals surface area contributed by atoms with Gasteiger partial charge in [-0.2, -0.15) is 0 Å². The molecule has 0 unspecified atom stereocenters. The Morgan fingerprint density at radius 2 is 2.40 bits per heavy atom. The van der Waals surface area contributed by atoms with E-state index in [1.165, 1.54) is 0 Å². The molecule has 0 aliphatic heterocycles. The van der Waals surface area contributed by atoms with Gasteiger partial charge in [0, 0.05) is 11.4 Å². The zero-order chi connectivity index (χ0) is 7.56. The zero-order valence-electron chi connectivity index (χ0n) is 5.38. The van der Waals surface area contributed by atoms with Gasteiger partial charge in [-0.1, -0.05) is 11.6 Å². The minimum Gasteiger partial charge on any atom is -0.329 e. The Kier molecular flexibility index (Phi) is 2.68. The van der Waals surface area contributed by atoms with E-state index >= 15 is 0 Å². The van der Waals surface area contributed by atoms with Gasteiger partial charge in [0.2, 0.25) is 0 Å². The van der Waals surface area contributed by atoms with E-state index in [0.29, 0.717) is 6.54 Å². The molecule has 56 valence electrons. The van der Waals surface area contributed by atoms with E-state index in [4.69, 9.17) is 23.1 Å². The molecule has 0 fully saturated rings. The zero-order valence-corrected chi connectivity index (χ0v) is 6.95. The fraction of sp³-hybridized carbons (Fsp3) is 0.333. The second-order valence-electron chi connectivity index (χ2n) is 1.97. The highest BCUT2D eigenvalue weighted by Crippen LogP contribution is 2.26. The van der Waals surface area contributed by atoms with Crippen molar-refractivity contribution >= 4 is 22.9 Å². The molecule has 0 aliphatic rings. The standard InChI is InChI=1S/C6H9ClN2S/c7-4-1-2-10-6(4)5(9)3-8/h1-2,5H,3,8-9H2/t5-/m0/s1. The molecule has 10 heavy (non-hydrogen) atoms. The van der Waals surface area contributed by atoms with E-state index in [2.05, 4.69) is 0 Å². The molecule has 1 rings (SSSR count). The average molecular weight is 177 g/mol. The van der Waals surface area contributed by atoms with Crippen molar-refractivity contribution in [3.8, 4) is 0 Å². The molecule has 0 aromatic carbocycles. The van der Waals surface area contributed by atoms with Gasteiger partial charge in [0.25, 0.3) is 0 Å². The van der Waals surface area contributed by atoms with E-state index in [0.717, 1.165) is 9.90 Å². The van der Waals surface area contributed by atoms with Crippen molar-refractivity contribution in [1.82, 2.24) is 0 Å². The van der Waals surface area contributed by atoms with Gasteiger partial charge in [0.05, 0.1) is 11.1 Å². The normalized spacial score (nSPS) is 13.5. The summed E-state index contributed by atoms with van der Waals surface area (Å²) in [5.74, 6) is 0. The van der Waals surface area contributed by atoms with Crippen molar-refractivity contribution in [1.29, 1.82) is 0 Å². The second kappa shape index (κ2) is 3.34. The van der Waals surface area contributed by atoms with Gasteiger partial charge < -0.3 is 11.5 Å². The first kappa shape index (κ1) is 8.01. The Morgan fingerprint density at radius 1 is 1.70 bits per heavy atom. The van der Waals surface area contributed by atoms with E-state index in [1.807, 2.05) is 11.4 Å². The summed E-state index contributed by atoms with van der Waals surface area (Å²) in [6, 6.07) is 1.73. The van der Waals surface area contributed by atoms with Crippen molar-refractivity contribution in [3.05, 3.63) is 21.3 Å². The molecule has 0 saturated carbocycles. The van der Waals surface area contributed by atoms with E-state index in [-0.39, 0.29) is 6.04 Å². The van der Waals surface area contributed by atoms with Gasteiger partial charge in [-0.05, 0) is 11.4 Å².